The second kappa shape index (κ2) is 8.62. The van der Waals surface area contributed by atoms with Crippen LogP contribution in [0.2, 0.25) is 0 Å². The molecule has 1 aliphatic heterocycles. The summed E-state index contributed by atoms with van der Waals surface area (Å²) in [6.45, 7) is 5.58. The Kier molecular flexibility index (Phi) is 5.93. The molecule has 6 heteroatoms. The standard InChI is InChI=1S/C24H33N5O/c1-24(2)17-29(19-13-7-8-14-19)21-20(28(3)22(24)30)16-26-23(27-21)25-15-9-12-18-10-5-4-6-11-18/h4-6,10-11,16,19H,7-9,12-15,17H2,1-3H3,(H,25,26,27). The molecular weight excluding hydrogens is 374 g/mol. The maximum absolute atomic E-state index is 13.0. The van der Waals surface area contributed by atoms with E-state index in [1.807, 2.05) is 33.2 Å². The zero-order valence-electron chi connectivity index (χ0n) is 18.4. The van der Waals surface area contributed by atoms with Crippen molar-refractivity contribution in [1.82, 2.24) is 9.97 Å². The fourth-order valence-electron chi connectivity index (χ4n) is 4.69. The van der Waals surface area contributed by atoms with Crippen LogP contribution in [0.15, 0.2) is 36.5 Å². The Hall–Kier alpha value is -2.63. The van der Waals surface area contributed by atoms with Gasteiger partial charge in [-0.25, -0.2) is 4.98 Å². The van der Waals surface area contributed by atoms with Gasteiger partial charge in [-0.1, -0.05) is 43.2 Å². The van der Waals surface area contributed by atoms with E-state index in [0.29, 0.717) is 18.5 Å². The van der Waals surface area contributed by atoms with Crippen LogP contribution in [-0.2, 0) is 11.2 Å². The van der Waals surface area contributed by atoms with Gasteiger partial charge >= 0.3 is 0 Å². The van der Waals surface area contributed by atoms with Gasteiger partial charge < -0.3 is 15.1 Å². The molecule has 2 aliphatic rings. The quantitative estimate of drug-likeness (QED) is 0.725. The lowest BCUT2D eigenvalue weighted by Gasteiger charge is -2.34. The molecule has 1 fully saturated rings. The fraction of sp³-hybridized carbons (Fsp3) is 0.542. The second-order valence-corrected chi connectivity index (χ2v) is 9.23. The summed E-state index contributed by atoms with van der Waals surface area (Å²) in [4.78, 5) is 26.6. The van der Waals surface area contributed by atoms with Crippen molar-refractivity contribution in [1.29, 1.82) is 0 Å². The number of anilines is 3. The van der Waals surface area contributed by atoms with Gasteiger partial charge in [0.05, 0.1) is 11.6 Å². The maximum atomic E-state index is 13.0. The van der Waals surface area contributed by atoms with Crippen LogP contribution < -0.4 is 15.1 Å². The molecule has 30 heavy (non-hydrogen) atoms. The number of aromatic nitrogens is 2. The SMILES string of the molecule is CN1C(=O)C(C)(C)CN(C2CCCC2)c2nc(NCCCc3ccccc3)ncc21. The predicted molar refractivity (Wildman–Crippen MR) is 122 cm³/mol. The van der Waals surface area contributed by atoms with E-state index < -0.39 is 5.41 Å². The molecule has 0 atom stereocenters. The minimum atomic E-state index is -0.457. The lowest BCUT2D eigenvalue weighted by atomic mass is 9.91. The van der Waals surface area contributed by atoms with Crippen molar-refractivity contribution in [3.63, 3.8) is 0 Å². The maximum Gasteiger partial charge on any atom is 0.234 e. The van der Waals surface area contributed by atoms with Crippen LogP contribution in [0.25, 0.3) is 0 Å². The summed E-state index contributed by atoms with van der Waals surface area (Å²) < 4.78 is 0. The number of nitrogens with zero attached hydrogens (tertiary/aromatic N) is 4. The van der Waals surface area contributed by atoms with Gasteiger partial charge in [0.1, 0.15) is 5.69 Å². The van der Waals surface area contributed by atoms with Gasteiger partial charge in [0.2, 0.25) is 11.9 Å². The third-order valence-corrected chi connectivity index (χ3v) is 6.37. The van der Waals surface area contributed by atoms with Crippen molar-refractivity contribution < 1.29 is 4.79 Å². The number of carbonyl (C=O) groups is 1. The summed E-state index contributed by atoms with van der Waals surface area (Å²) in [5.74, 6) is 1.66. The molecule has 0 bridgehead atoms. The number of amides is 1. The summed E-state index contributed by atoms with van der Waals surface area (Å²) in [6.07, 6.45) is 8.67. The van der Waals surface area contributed by atoms with E-state index in [1.54, 1.807) is 4.90 Å². The summed E-state index contributed by atoms with van der Waals surface area (Å²) in [5, 5.41) is 3.39. The molecule has 1 aromatic heterocycles. The molecule has 0 unspecified atom stereocenters. The van der Waals surface area contributed by atoms with Crippen molar-refractivity contribution in [3.05, 3.63) is 42.1 Å². The normalized spacial score (nSPS) is 19.0. The average molecular weight is 408 g/mol. The van der Waals surface area contributed by atoms with Gasteiger partial charge in [-0.15, -0.1) is 0 Å². The van der Waals surface area contributed by atoms with Crippen LogP contribution in [0.1, 0.15) is 51.5 Å². The van der Waals surface area contributed by atoms with E-state index in [1.165, 1.54) is 18.4 Å². The minimum Gasteiger partial charge on any atom is -0.354 e. The first-order valence-electron chi connectivity index (χ1n) is 11.2. The number of hydrogen-bond acceptors (Lipinski definition) is 5. The highest BCUT2D eigenvalue weighted by Crippen LogP contribution is 2.40. The number of benzene rings is 1. The highest BCUT2D eigenvalue weighted by Gasteiger charge is 2.41. The van der Waals surface area contributed by atoms with Crippen molar-refractivity contribution in [3.8, 4) is 0 Å². The molecule has 0 radical (unpaired) electrons. The van der Waals surface area contributed by atoms with Crippen molar-refractivity contribution in [2.75, 3.05) is 35.3 Å². The van der Waals surface area contributed by atoms with E-state index in [4.69, 9.17) is 4.98 Å². The van der Waals surface area contributed by atoms with Gasteiger partial charge in [-0.2, -0.15) is 4.98 Å². The lowest BCUT2D eigenvalue weighted by Crippen LogP contribution is -2.45. The summed E-state index contributed by atoms with van der Waals surface area (Å²) >= 11 is 0. The third-order valence-electron chi connectivity index (χ3n) is 6.37. The first-order valence-corrected chi connectivity index (χ1v) is 11.2. The van der Waals surface area contributed by atoms with Crippen LogP contribution in [0, 0.1) is 5.41 Å². The topological polar surface area (TPSA) is 61.4 Å². The minimum absolute atomic E-state index is 0.122. The number of fused-ring (bicyclic) bond motifs is 1. The van der Waals surface area contributed by atoms with E-state index >= 15 is 0 Å². The fourth-order valence-corrected chi connectivity index (χ4v) is 4.69. The van der Waals surface area contributed by atoms with E-state index in [-0.39, 0.29) is 5.91 Å². The van der Waals surface area contributed by atoms with Crippen molar-refractivity contribution in [2.45, 2.75) is 58.4 Å². The molecule has 0 saturated heterocycles. The molecule has 2 heterocycles. The Balaban J connectivity index is 1.53. The molecule has 4 rings (SSSR count). The molecule has 1 aromatic carbocycles. The molecule has 1 aliphatic carbocycles. The first-order chi connectivity index (χ1) is 14.5. The van der Waals surface area contributed by atoms with E-state index in [2.05, 4.69) is 39.5 Å². The molecule has 6 nitrogen and oxygen atoms in total. The number of carbonyl (C=O) groups excluding carboxylic acids is 1. The predicted octanol–water partition coefficient (Wildman–Crippen LogP) is 4.27. The number of aryl methyl sites for hydroxylation is 1. The Morgan fingerprint density at radius 3 is 2.63 bits per heavy atom. The number of rotatable bonds is 6. The number of nitrogens with one attached hydrogen (secondary N) is 1. The van der Waals surface area contributed by atoms with Crippen LogP contribution in [-0.4, -0.2) is 42.1 Å². The molecular formula is C24H33N5O. The Morgan fingerprint density at radius 1 is 1.17 bits per heavy atom. The molecule has 1 amide bonds. The Bertz CT molecular complexity index is 876. The number of hydrogen-bond donors (Lipinski definition) is 1. The average Bonchev–Trinajstić information content (AvgIpc) is 3.27. The summed E-state index contributed by atoms with van der Waals surface area (Å²) in [6, 6.07) is 11.0. The van der Waals surface area contributed by atoms with E-state index in [0.717, 1.165) is 43.7 Å². The Labute approximate surface area is 179 Å². The monoisotopic (exact) mass is 407 g/mol. The van der Waals surface area contributed by atoms with Gasteiger partial charge in [0.25, 0.3) is 0 Å². The largest absolute Gasteiger partial charge is 0.354 e. The third kappa shape index (κ3) is 4.27. The van der Waals surface area contributed by atoms with Crippen molar-refractivity contribution in [2.24, 2.45) is 5.41 Å². The molecule has 160 valence electrons. The van der Waals surface area contributed by atoms with Gasteiger partial charge in [-0.05, 0) is 45.1 Å². The smallest absolute Gasteiger partial charge is 0.234 e. The summed E-state index contributed by atoms with van der Waals surface area (Å²) in [5.41, 5.74) is 1.70. The first kappa shape index (κ1) is 20.6. The van der Waals surface area contributed by atoms with Crippen LogP contribution in [0.3, 0.4) is 0 Å². The zero-order chi connectivity index (χ0) is 21.1. The lowest BCUT2D eigenvalue weighted by molar-refractivity contribution is -0.125. The van der Waals surface area contributed by atoms with Gasteiger partial charge in [0.15, 0.2) is 5.82 Å². The summed E-state index contributed by atoms with van der Waals surface area (Å²) in [7, 11) is 1.84. The molecule has 2 aromatic rings. The highest BCUT2D eigenvalue weighted by atomic mass is 16.2. The van der Waals surface area contributed by atoms with Crippen LogP contribution in [0.5, 0.6) is 0 Å². The molecule has 1 N–H and O–H groups in total. The van der Waals surface area contributed by atoms with Crippen molar-refractivity contribution >= 4 is 23.4 Å². The Morgan fingerprint density at radius 2 is 1.90 bits per heavy atom. The zero-order valence-corrected chi connectivity index (χ0v) is 18.4. The van der Waals surface area contributed by atoms with Crippen LogP contribution >= 0.6 is 0 Å². The highest BCUT2D eigenvalue weighted by molar-refractivity contribution is 6.00. The molecule has 0 spiro atoms. The van der Waals surface area contributed by atoms with E-state index in [9.17, 15) is 4.79 Å². The van der Waals surface area contributed by atoms with Gasteiger partial charge in [0, 0.05) is 26.2 Å². The van der Waals surface area contributed by atoms with Crippen LogP contribution in [0.4, 0.5) is 17.5 Å². The molecule has 1 saturated carbocycles. The van der Waals surface area contributed by atoms with Gasteiger partial charge in [-0.3, -0.25) is 4.79 Å². The second-order valence-electron chi connectivity index (χ2n) is 9.23.